The maximum atomic E-state index is 12.3. The van der Waals surface area contributed by atoms with Crippen molar-refractivity contribution in [3.63, 3.8) is 0 Å². The Balaban J connectivity index is 1.96. The van der Waals surface area contributed by atoms with E-state index in [1.165, 1.54) is 13.8 Å². The highest BCUT2D eigenvalue weighted by molar-refractivity contribution is 6.04. The third-order valence-corrected chi connectivity index (χ3v) is 4.04. The van der Waals surface area contributed by atoms with Crippen LogP contribution in [0, 0.1) is 25.2 Å². The van der Waals surface area contributed by atoms with Crippen LogP contribution in [0.1, 0.15) is 51.5 Å². The molecule has 0 fully saturated rings. The summed E-state index contributed by atoms with van der Waals surface area (Å²) in [5.41, 5.74) is 2.35. The number of benzene rings is 1. The second-order valence-corrected chi connectivity index (χ2v) is 6.11. The molecule has 2 rings (SSSR count). The number of hydrogen-bond acceptors (Lipinski definition) is 6. The number of nitrogens with one attached hydrogen (secondary N) is 1. The molecular formula is C20H20N2O5. The average Bonchev–Trinajstić information content (AvgIpc) is 2.94. The number of aryl methyl sites for hydroxylation is 1. The number of H-pyrrole nitrogens is 1. The monoisotopic (exact) mass is 368 g/mol. The Morgan fingerprint density at radius 1 is 1.19 bits per heavy atom. The van der Waals surface area contributed by atoms with Gasteiger partial charge in [0.15, 0.2) is 18.5 Å². The number of ether oxygens (including phenoxy) is 2. The maximum Gasteiger partial charge on any atom is 0.347 e. The predicted molar refractivity (Wildman–Crippen MR) is 96.8 cm³/mol. The molecule has 0 aliphatic heterocycles. The van der Waals surface area contributed by atoms with Crippen molar-refractivity contribution in [1.82, 2.24) is 4.98 Å². The fraction of sp³-hybridized carbons (Fsp3) is 0.300. The number of rotatable bonds is 7. The summed E-state index contributed by atoms with van der Waals surface area (Å²) in [6.45, 7) is 5.85. The Bertz CT molecular complexity index is 919. The van der Waals surface area contributed by atoms with E-state index in [4.69, 9.17) is 14.7 Å². The van der Waals surface area contributed by atoms with Crippen molar-refractivity contribution in [1.29, 1.82) is 5.26 Å². The van der Waals surface area contributed by atoms with Gasteiger partial charge in [-0.3, -0.25) is 9.59 Å². The second-order valence-electron chi connectivity index (χ2n) is 6.11. The number of aromatic amines is 1. The molecule has 0 unspecified atom stereocenters. The predicted octanol–water partition coefficient (Wildman–Crippen LogP) is 2.90. The zero-order valence-corrected chi connectivity index (χ0v) is 15.6. The van der Waals surface area contributed by atoms with Crippen LogP contribution in [0.4, 0.5) is 0 Å². The fourth-order valence-electron chi connectivity index (χ4n) is 2.74. The number of carbonyl (C=O) groups is 3. The van der Waals surface area contributed by atoms with E-state index < -0.39 is 24.5 Å². The summed E-state index contributed by atoms with van der Waals surface area (Å²) in [6.07, 6.45) is -0.926. The minimum Gasteiger partial charge on any atom is -0.479 e. The van der Waals surface area contributed by atoms with Crippen molar-refractivity contribution in [2.24, 2.45) is 0 Å². The number of aromatic nitrogens is 1. The lowest BCUT2D eigenvalue weighted by molar-refractivity contribution is -0.149. The molecule has 7 heteroatoms. The summed E-state index contributed by atoms with van der Waals surface area (Å²) < 4.78 is 10.5. The number of hydrogen-bond donors (Lipinski definition) is 1. The molecule has 0 saturated heterocycles. The van der Waals surface area contributed by atoms with E-state index in [1.54, 1.807) is 38.1 Å². The molecule has 1 atom stereocenters. The lowest BCUT2D eigenvalue weighted by Gasteiger charge is -2.13. The van der Waals surface area contributed by atoms with Crippen LogP contribution in [-0.2, 0) is 9.53 Å². The standard InChI is InChI=1S/C20H20N2O5/c1-11-18(13(3)23)12(2)22-19(11)17(24)10-26-20(25)14(4)27-16-7-5-15(9-21)6-8-16/h5-8,14,22H,10H2,1-4H3/t14-/m0/s1. The molecule has 0 aliphatic rings. The third-order valence-electron chi connectivity index (χ3n) is 4.04. The number of ketones is 2. The first-order valence-electron chi connectivity index (χ1n) is 8.31. The number of Topliss-reactive ketones (excluding diaryl/α,β-unsaturated/α-hetero) is 2. The molecule has 1 N–H and O–H groups in total. The SMILES string of the molecule is CC(=O)c1c(C)[nH]c(C(=O)COC(=O)[C@H](C)Oc2ccc(C#N)cc2)c1C. The van der Waals surface area contributed by atoms with Gasteiger partial charge in [0.2, 0.25) is 5.78 Å². The van der Waals surface area contributed by atoms with Crippen molar-refractivity contribution >= 4 is 17.5 Å². The first kappa shape index (κ1) is 19.9. The first-order chi connectivity index (χ1) is 12.7. The molecule has 7 nitrogen and oxygen atoms in total. The van der Waals surface area contributed by atoms with Crippen LogP contribution >= 0.6 is 0 Å². The van der Waals surface area contributed by atoms with E-state index in [2.05, 4.69) is 4.98 Å². The molecule has 0 bridgehead atoms. The summed E-state index contributed by atoms with van der Waals surface area (Å²) in [7, 11) is 0. The van der Waals surface area contributed by atoms with Crippen LogP contribution in [-0.4, -0.2) is 35.2 Å². The Morgan fingerprint density at radius 2 is 1.81 bits per heavy atom. The van der Waals surface area contributed by atoms with Crippen molar-refractivity contribution in [2.75, 3.05) is 6.61 Å². The van der Waals surface area contributed by atoms with Gasteiger partial charge in [-0.15, -0.1) is 0 Å². The van der Waals surface area contributed by atoms with Crippen LogP contribution in [0.5, 0.6) is 5.75 Å². The van der Waals surface area contributed by atoms with Crippen molar-refractivity contribution < 1.29 is 23.9 Å². The molecule has 140 valence electrons. The minimum absolute atomic E-state index is 0.137. The van der Waals surface area contributed by atoms with Gasteiger partial charge in [-0.25, -0.2) is 4.79 Å². The lowest BCUT2D eigenvalue weighted by Crippen LogP contribution is -2.28. The van der Waals surface area contributed by atoms with Gasteiger partial charge in [-0.05, 0) is 57.5 Å². The molecule has 1 aromatic heterocycles. The Labute approximate surface area is 156 Å². The highest BCUT2D eigenvalue weighted by atomic mass is 16.6. The topological polar surface area (TPSA) is 109 Å². The van der Waals surface area contributed by atoms with Gasteiger partial charge in [0, 0.05) is 11.3 Å². The molecule has 2 aromatic rings. The molecule has 27 heavy (non-hydrogen) atoms. The molecule has 0 saturated carbocycles. The van der Waals surface area contributed by atoms with E-state index in [9.17, 15) is 14.4 Å². The Kier molecular flexibility index (Phi) is 6.14. The van der Waals surface area contributed by atoms with E-state index in [0.29, 0.717) is 28.1 Å². The summed E-state index contributed by atoms with van der Waals surface area (Å²) >= 11 is 0. The van der Waals surface area contributed by atoms with Gasteiger partial charge in [0.1, 0.15) is 5.75 Å². The maximum absolute atomic E-state index is 12.3. The summed E-state index contributed by atoms with van der Waals surface area (Å²) in [5, 5.41) is 8.76. The van der Waals surface area contributed by atoms with Crippen LogP contribution < -0.4 is 4.74 Å². The van der Waals surface area contributed by atoms with E-state index in [0.717, 1.165) is 0 Å². The molecule has 0 amide bonds. The van der Waals surface area contributed by atoms with Gasteiger partial charge < -0.3 is 14.5 Å². The zero-order valence-electron chi connectivity index (χ0n) is 15.6. The van der Waals surface area contributed by atoms with E-state index in [-0.39, 0.29) is 11.5 Å². The third kappa shape index (κ3) is 4.61. The van der Waals surface area contributed by atoms with E-state index >= 15 is 0 Å². The molecule has 1 heterocycles. The van der Waals surface area contributed by atoms with Gasteiger partial charge in [-0.1, -0.05) is 0 Å². The number of carbonyl (C=O) groups excluding carboxylic acids is 3. The highest BCUT2D eigenvalue weighted by Gasteiger charge is 2.22. The average molecular weight is 368 g/mol. The normalized spacial score (nSPS) is 11.4. The Hall–Kier alpha value is -3.40. The Morgan fingerprint density at radius 3 is 2.33 bits per heavy atom. The van der Waals surface area contributed by atoms with Crippen molar-refractivity contribution in [3.8, 4) is 11.8 Å². The van der Waals surface area contributed by atoms with Crippen LogP contribution in [0.15, 0.2) is 24.3 Å². The minimum atomic E-state index is -0.926. The molecule has 0 radical (unpaired) electrons. The highest BCUT2D eigenvalue weighted by Crippen LogP contribution is 2.19. The van der Waals surface area contributed by atoms with Gasteiger partial charge in [0.25, 0.3) is 0 Å². The molecule has 0 spiro atoms. The quantitative estimate of drug-likeness (QED) is 0.594. The summed E-state index contributed by atoms with van der Waals surface area (Å²) in [6, 6.07) is 8.27. The second kappa shape index (κ2) is 8.32. The lowest BCUT2D eigenvalue weighted by atomic mass is 10.1. The molecule has 1 aromatic carbocycles. The van der Waals surface area contributed by atoms with Crippen LogP contribution in [0.25, 0.3) is 0 Å². The van der Waals surface area contributed by atoms with Crippen LogP contribution in [0.2, 0.25) is 0 Å². The van der Waals surface area contributed by atoms with Gasteiger partial charge in [-0.2, -0.15) is 5.26 Å². The molecule has 0 aliphatic carbocycles. The van der Waals surface area contributed by atoms with Gasteiger partial charge >= 0.3 is 5.97 Å². The molecular weight excluding hydrogens is 348 g/mol. The van der Waals surface area contributed by atoms with Gasteiger partial charge in [0.05, 0.1) is 17.3 Å². The fourth-order valence-corrected chi connectivity index (χ4v) is 2.74. The number of nitriles is 1. The van der Waals surface area contributed by atoms with Crippen LogP contribution in [0.3, 0.4) is 0 Å². The largest absolute Gasteiger partial charge is 0.479 e. The van der Waals surface area contributed by atoms with Crippen molar-refractivity contribution in [2.45, 2.75) is 33.8 Å². The smallest absolute Gasteiger partial charge is 0.347 e. The number of esters is 1. The first-order valence-corrected chi connectivity index (χ1v) is 8.31. The van der Waals surface area contributed by atoms with Crippen molar-refractivity contribution in [3.05, 3.63) is 52.3 Å². The summed E-state index contributed by atoms with van der Waals surface area (Å²) in [4.78, 5) is 38.9. The van der Waals surface area contributed by atoms with E-state index in [1.807, 2.05) is 6.07 Å². The summed E-state index contributed by atoms with van der Waals surface area (Å²) in [5.74, 6) is -0.851. The zero-order chi connectivity index (χ0) is 20.1. The number of nitrogens with zero attached hydrogens (tertiary/aromatic N) is 1.